The van der Waals surface area contributed by atoms with Crippen molar-refractivity contribution < 1.29 is 14.5 Å². The fraction of sp³-hybridized carbons (Fsp3) is 0.476. The number of piperazine rings is 1. The van der Waals surface area contributed by atoms with Crippen molar-refractivity contribution in [3.05, 3.63) is 52.3 Å². The van der Waals surface area contributed by atoms with Crippen molar-refractivity contribution in [2.45, 2.75) is 18.9 Å². The Kier molecular flexibility index (Phi) is 6.26. The van der Waals surface area contributed by atoms with Gasteiger partial charge in [-0.15, -0.1) is 0 Å². The minimum atomic E-state index is -0.392. The van der Waals surface area contributed by atoms with Gasteiger partial charge in [-0.05, 0) is 30.5 Å². The number of nitrogens with zero attached hydrogens (tertiary/aromatic N) is 5. The lowest BCUT2D eigenvalue weighted by Gasteiger charge is -2.49. The Labute approximate surface area is 180 Å². The van der Waals surface area contributed by atoms with Crippen LogP contribution in [0.5, 0.6) is 0 Å². The van der Waals surface area contributed by atoms with Crippen LogP contribution in [0, 0.1) is 16.0 Å². The first kappa shape index (κ1) is 21.0. The van der Waals surface area contributed by atoms with Crippen LogP contribution in [0.2, 0.25) is 0 Å². The molecule has 0 spiro atoms. The standard InChI is InChI=1S/C21H26N6O4/c1-31-11-3-8-22-20(28)17-13-15-12-16(27(29)30)4-5-18(15)26-10-9-25(14-19(17)26)21-23-6-2-7-24-21/h2,4-7,12,17,19H,3,8-11,13-14H2,1H3,(H,22,28). The van der Waals surface area contributed by atoms with Gasteiger partial charge in [-0.1, -0.05) is 0 Å². The van der Waals surface area contributed by atoms with Gasteiger partial charge in [0.1, 0.15) is 0 Å². The zero-order chi connectivity index (χ0) is 21.8. The zero-order valence-corrected chi connectivity index (χ0v) is 17.4. The molecule has 1 aromatic heterocycles. The summed E-state index contributed by atoms with van der Waals surface area (Å²) in [5.74, 6) is 0.276. The number of amides is 1. The van der Waals surface area contributed by atoms with Crippen molar-refractivity contribution in [2.75, 3.05) is 49.7 Å². The number of non-ortho nitro benzene ring substituents is 1. The van der Waals surface area contributed by atoms with Gasteiger partial charge in [0.05, 0.1) is 16.9 Å². The predicted molar refractivity (Wildman–Crippen MR) is 115 cm³/mol. The Morgan fingerprint density at radius 1 is 1.32 bits per heavy atom. The number of nitrogens with one attached hydrogen (secondary N) is 1. The van der Waals surface area contributed by atoms with Gasteiger partial charge in [0.25, 0.3) is 5.69 Å². The van der Waals surface area contributed by atoms with E-state index in [4.69, 9.17) is 4.74 Å². The summed E-state index contributed by atoms with van der Waals surface area (Å²) < 4.78 is 5.06. The van der Waals surface area contributed by atoms with Crippen molar-refractivity contribution in [3.8, 4) is 0 Å². The Morgan fingerprint density at radius 3 is 2.87 bits per heavy atom. The third kappa shape index (κ3) is 4.43. The molecule has 4 rings (SSSR count). The lowest BCUT2D eigenvalue weighted by atomic mass is 9.83. The van der Waals surface area contributed by atoms with Crippen molar-refractivity contribution in [3.63, 3.8) is 0 Å². The molecule has 2 aromatic rings. The van der Waals surface area contributed by atoms with E-state index >= 15 is 0 Å². The molecule has 2 atom stereocenters. The molecule has 1 fully saturated rings. The number of hydrogen-bond acceptors (Lipinski definition) is 8. The number of benzene rings is 1. The van der Waals surface area contributed by atoms with Crippen LogP contribution in [0.25, 0.3) is 0 Å². The third-order valence-electron chi connectivity index (χ3n) is 5.90. The van der Waals surface area contributed by atoms with Crippen LogP contribution in [0.1, 0.15) is 12.0 Å². The largest absolute Gasteiger partial charge is 0.385 e. The highest BCUT2D eigenvalue weighted by Crippen LogP contribution is 2.38. The van der Waals surface area contributed by atoms with Crippen LogP contribution >= 0.6 is 0 Å². The van der Waals surface area contributed by atoms with E-state index < -0.39 is 4.92 Å². The number of hydrogen-bond donors (Lipinski definition) is 1. The summed E-state index contributed by atoms with van der Waals surface area (Å²) in [4.78, 5) is 37.0. The summed E-state index contributed by atoms with van der Waals surface area (Å²) >= 11 is 0. The monoisotopic (exact) mass is 426 g/mol. The minimum absolute atomic E-state index is 0.0425. The molecule has 2 aliphatic rings. The van der Waals surface area contributed by atoms with Gasteiger partial charge in [-0.3, -0.25) is 14.9 Å². The van der Waals surface area contributed by atoms with Gasteiger partial charge >= 0.3 is 0 Å². The molecule has 10 heteroatoms. The molecule has 1 amide bonds. The second kappa shape index (κ2) is 9.25. The van der Waals surface area contributed by atoms with E-state index in [2.05, 4.69) is 25.1 Å². The van der Waals surface area contributed by atoms with E-state index in [1.807, 2.05) is 6.07 Å². The van der Waals surface area contributed by atoms with Crippen LogP contribution in [0.3, 0.4) is 0 Å². The number of nitro benzene ring substituents is 1. The van der Waals surface area contributed by atoms with Gasteiger partial charge in [-0.2, -0.15) is 0 Å². The number of fused-ring (bicyclic) bond motifs is 3. The third-order valence-corrected chi connectivity index (χ3v) is 5.90. The number of anilines is 2. The molecule has 0 saturated carbocycles. The Hall–Kier alpha value is -3.27. The van der Waals surface area contributed by atoms with Crippen LogP contribution in [-0.4, -0.2) is 66.7 Å². The number of aromatic nitrogens is 2. The molecule has 2 aliphatic heterocycles. The summed E-state index contributed by atoms with van der Waals surface area (Å²) in [6.07, 6.45) is 4.61. The zero-order valence-electron chi connectivity index (χ0n) is 17.4. The summed E-state index contributed by atoms with van der Waals surface area (Å²) in [5, 5.41) is 14.3. The quantitative estimate of drug-likeness (QED) is 0.402. The van der Waals surface area contributed by atoms with Crippen molar-refractivity contribution in [2.24, 2.45) is 5.92 Å². The molecule has 1 aromatic carbocycles. The summed E-state index contributed by atoms with van der Waals surface area (Å²) in [6, 6.07) is 6.65. The van der Waals surface area contributed by atoms with E-state index in [0.717, 1.165) is 17.7 Å². The second-order valence-electron chi connectivity index (χ2n) is 7.77. The van der Waals surface area contributed by atoms with Gasteiger partial charge < -0.3 is 19.9 Å². The van der Waals surface area contributed by atoms with Gasteiger partial charge in [0.2, 0.25) is 11.9 Å². The number of rotatable bonds is 7. The highest BCUT2D eigenvalue weighted by Gasteiger charge is 2.42. The van der Waals surface area contributed by atoms with Crippen LogP contribution in [-0.2, 0) is 16.0 Å². The number of carbonyl (C=O) groups excluding carboxylic acids is 1. The Balaban J connectivity index is 1.60. The molecule has 0 aliphatic carbocycles. The van der Waals surface area contributed by atoms with E-state index in [-0.39, 0.29) is 23.6 Å². The number of ether oxygens (including phenoxy) is 1. The van der Waals surface area contributed by atoms with Gasteiger partial charge in [-0.25, -0.2) is 9.97 Å². The molecule has 1 N–H and O–H groups in total. The molecule has 31 heavy (non-hydrogen) atoms. The fourth-order valence-electron chi connectivity index (χ4n) is 4.42. The van der Waals surface area contributed by atoms with E-state index in [1.165, 1.54) is 6.07 Å². The predicted octanol–water partition coefficient (Wildman–Crippen LogP) is 1.40. The maximum Gasteiger partial charge on any atom is 0.269 e. The Bertz CT molecular complexity index is 941. The number of methoxy groups -OCH3 is 1. The highest BCUT2D eigenvalue weighted by atomic mass is 16.6. The molecule has 164 valence electrons. The van der Waals surface area contributed by atoms with E-state index in [9.17, 15) is 14.9 Å². The normalized spacial score (nSPS) is 20.0. The van der Waals surface area contributed by atoms with Gasteiger partial charge in [0.15, 0.2) is 0 Å². The molecule has 10 nitrogen and oxygen atoms in total. The molecule has 1 saturated heterocycles. The highest BCUT2D eigenvalue weighted by molar-refractivity contribution is 5.82. The lowest BCUT2D eigenvalue weighted by Crippen LogP contribution is -2.61. The first-order valence-electron chi connectivity index (χ1n) is 10.4. The molecular formula is C21H26N6O4. The summed E-state index contributed by atoms with van der Waals surface area (Å²) in [6.45, 7) is 3.11. The van der Waals surface area contributed by atoms with Crippen molar-refractivity contribution in [1.29, 1.82) is 0 Å². The minimum Gasteiger partial charge on any atom is -0.385 e. The second-order valence-corrected chi connectivity index (χ2v) is 7.77. The van der Waals surface area contributed by atoms with Crippen LogP contribution in [0.4, 0.5) is 17.3 Å². The number of carbonyl (C=O) groups is 1. The molecule has 2 unspecified atom stereocenters. The maximum absolute atomic E-state index is 13.1. The topological polar surface area (TPSA) is 114 Å². The first-order valence-corrected chi connectivity index (χ1v) is 10.4. The fourth-order valence-corrected chi connectivity index (χ4v) is 4.42. The number of nitro groups is 1. The van der Waals surface area contributed by atoms with Gasteiger partial charge in [0, 0.05) is 70.1 Å². The van der Waals surface area contributed by atoms with E-state index in [0.29, 0.717) is 45.2 Å². The molecule has 3 heterocycles. The molecular weight excluding hydrogens is 400 g/mol. The maximum atomic E-state index is 13.1. The van der Waals surface area contributed by atoms with Crippen LogP contribution < -0.4 is 15.1 Å². The lowest BCUT2D eigenvalue weighted by molar-refractivity contribution is -0.384. The average molecular weight is 426 g/mol. The van der Waals surface area contributed by atoms with Crippen LogP contribution in [0.15, 0.2) is 36.7 Å². The SMILES string of the molecule is COCCCNC(=O)C1Cc2cc([N+](=O)[O-])ccc2N2CCN(c3ncccn3)CC12. The molecule has 0 bridgehead atoms. The molecule has 0 radical (unpaired) electrons. The smallest absolute Gasteiger partial charge is 0.269 e. The van der Waals surface area contributed by atoms with Crippen molar-refractivity contribution >= 4 is 23.2 Å². The summed E-state index contributed by atoms with van der Waals surface area (Å²) in [7, 11) is 1.63. The van der Waals surface area contributed by atoms with Crippen molar-refractivity contribution in [1.82, 2.24) is 15.3 Å². The average Bonchev–Trinajstić information content (AvgIpc) is 2.81. The van der Waals surface area contributed by atoms with E-state index in [1.54, 1.807) is 31.6 Å². The first-order chi connectivity index (χ1) is 15.1. The Morgan fingerprint density at radius 2 is 2.13 bits per heavy atom. The summed E-state index contributed by atoms with van der Waals surface area (Å²) in [5.41, 5.74) is 1.85.